The molecular weight excluding hydrogens is 253 g/mol. The Morgan fingerprint density at radius 2 is 2.17 bits per heavy atom. The van der Waals surface area contributed by atoms with E-state index in [1.807, 2.05) is 13.1 Å². The van der Waals surface area contributed by atoms with Gasteiger partial charge in [0.1, 0.15) is 5.82 Å². The second-order valence-corrected chi connectivity index (χ2v) is 4.52. The highest BCUT2D eigenvalue weighted by Crippen LogP contribution is 2.19. The predicted octanol–water partition coefficient (Wildman–Crippen LogP) is 3.39. The highest BCUT2D eigenvalue weighted by molar-refractivity contribution is 6.30. The molecule has 0 atom stereocenters. The topological polar surface area (TPSA) is 29.9 Å². The van der Waals surface area contributed by atoms with Crippen molar-refractivity contribution in [3.05, 3.63) is 46.5 Å². The zero-order chi connectivity index (χ0) is 13.1. The Hall–Kier alpha value is -1.55. The molecule has 96 valence electrons. The summed E-state index contributed by atoms with van der Waals surface area (Å²) < 4.78 is 15.4. The Morgan fingerprint density at radius 1 is 1.39 bits per heavy atom. The number of halogens is 2. The van der Waals surface area contributed by atoms with Crippen LogP contribution in [0.3, 0.4) is 0 Å². The Bertz CT molecular complexity index is 551. The van der Waals surface area contributed by atoms with Crippen LogP contribution < -0.4 is 5.32 Å². The zero-order valence-corrected chi connectivity index (χ0v) is 11.1. The number of aryl methyl sites for hydroxylation is 2. The molecule has 1 N–H and O–H groups in total. The van der Waals surface area contributed by atoms with Gasteiger partial charge in [-0.3, -0.25) is 4.68 Å². The Balaban J connectivity index is 2.08. The summed E-state index contributed by atoms with van der Waals surface area (Å²) in [5.41, 5.74) is 2.49. The van der Waals surface area contributed by atoms with Gasteiger partial charge in [0, 0.05) is 12.1 Å². The number of nitrogens with one attached hydrogen (secondary N) is 1. The Morgan fingerprint density at radius 3 is 2.78 bits per heavy atom. The fourth-order valence-electron chi connectivity index (χ4n) is 1.73. The normalized spacial score (nSPS) is 10.7. The van der Waals surface area contributed by atoms with Crippen LogP contribution in [0.4, 0.5) is 10.1 Å². The lowest BCUT2D eigenvalue weighted by Crippen LogP contribution is -2.06. The monoisotopic (exact) mass is 267 g/mol. The molecule has 0 bridgehead atoms. The van der Waals surface area contributed by atoms with Crippen molar-refractivity contribution in [1.82, 2.24) is 9.78 Å². The smallest absolute Gasteiger partial charge is 0.147 e. The van der Waals surface area contributed by atoms with Gasteiger partial charge in [-0.2, -0.15) is 5.10 Å². The van der Waals surface area contributed by atoms with E-state index in [1.54, 1.807) is 16.8 Å². The van der Waals surface area contributed by atoms with Gasteiger partial charge < -0.3 is 5.32 Å². The molecule has 2 rings (SSSR count). The van der Waals surface area contributed by atoms with Gasteiger partial charge in [0.2, 0.25) is 0 Å². The van der Waals surface area contributed by atoms with Gasteiger partial charge in [-0.05, 0) is 30.7 Å². The summed E-state index contributed by atoms with van der Waals surface area (Å²) in [5, 5.41) is 7.78. The van der Waals surface area contributed by atoms with Gasteiger partial charge >= 0.3 is 0 Å². The van der Waals surface area contributed by atoms with Crippen LogP contribution in [0.5, 0.6) is 0 Å². The van der Waals surface area contributed by atoms with Crippen molar-refractivity contribution < 1.29 is 4.39 Å². The lowest BCUT2D eigenvalue weighted by molar-refractivity contribution is 0.629. The Kier molecular flexibility index (Phi) is 3.87. The van der Waals surface area contributed by atoms with Crippen molar-refractivity contribution in [3.8, 4) is 0 Å². The molecule has 1 aromatic carbocycles. The molecule has 0 aliphatic carbocycles. The second kappa shape index (κ2) is 5.40. The number of nitrogens with zero attached hydrogens (tertiary/aromatic N) is 2. The number of aromatic nitrogens is 2. The third kappa shape index (κ3) is 2.82. The maximum Gasteiger partial charge on any atom is 0.147 e. The summed E-state index contributed by atoms with van der Waals surface area (Å²) in [4.78, 5) is 0. The summed E-state index contributed by atoms with van der Waals surface area (Å²) in [6.45, 7) is 2.58. The molecule has 0 fully saturated rings. The molecule has 0 aliphatic heterocycles. The van der Waals surface area contributed by atoms with Crippen LogP contribution in [-0.4, -0.2) is 9.78 Å². The molecule has 3 nitrogen and oxygen atoms in total. The van der Waals surface area contributed by atoms with Crippen LogP contribution in [0, 0.1) is 5.82 Å². The van der Waals surface area contributed by atoms with Crippen molar-refractivity contribution >= 4 is 17.3 Å². The lowest BCUT2D eigenvalue weighted by Gasteiger charge is -2.07. The first-order valence-electron chi connectivity index (χ1n) is 5.81. The molecule has 1 heterocycles. The van der Waals surface area contributed by atoms with Crippen LogP contribution in [-0.2, 0) is 20.0 Å². The summed E-state index contributed by atoms with van der Waals surface area (Å²) >= 11 is 5.70. The molecule has 2 aromatic rings. The molecule has 0 spiro atoms. The number of hydrogen-bond acceptors (Lipinski definition) is 2. The minimum Gasteiger partial charge on any atom is -0.377 e. The predicted molar refractivity (Wildman–Crippen MR) is 71.3 cm³/mol. The van der Waals surface area contributed by atoms with E-state index in [9.17, 15) is 4.39 Å². The van der Waals surface area contributed by atoms with Crippen molar-refractivity contribution in [2.24, 2.45) is 7.05 Å². The average Bonchev–Trinajstić information content (AvgIpc) is 2.69. The molecular formula is C13H15ClFN3. The van der Waals surface area contributed by atoms with E-state index in [-0.39, 0.29) is 5.82 Å². The maximum absolute atomic E-state index is 13.6. The van der Waals surface area contributed by atoms with Crippen molar-refractivity contribution in [2.75, 3.05) is 5.32 Å². The number of anilines is 1. The minimum atomic E-state index is -0.347. The van der Waals surface area contributed by atoms with Crippen LogP contribution in [0.15, 0.2) is 24.3 Å². The SMILES string of the molecule is CCc1cc(CNc2ccc(Cl)cc2F)n(C)n1. The maximum atomic E-state index is 13.6. The summed E-state index contributed by atoms with van der Waals surface area (Å²) in [6, 6.07) is 6.61. The second-order valence-electron chi connectivity index (χ2n) is 4.08. The zero-order valence-electron chi connectivity index (χ0n) is 10.4. The Labute approximate surface area is 111 Å². The highest BCUT2D eigenvalue weighted by Gasteiger charge is 2.06. The molecule has 0 saturated heterocycles. The van der Waals surface area contributed by atoms with E-state index in [0.717, 1.165) is 17.8 Å². The standard InChI is InChI=1S/C13H15ClFN3/c1-3-10-7-11(18(2)17-10)8-16-13-5-4-9(14)6-12(13)15/h4-7,16H,3,8H2,1-2H3. The van der Waals surface area contributed by atoms with E-state index in [0.29, 0.717) is 17.3 Å². The first kappa shape index (κ1) is 12.9. The minimum absolute atomic E-state index is 0.347. The molecule has 0 aliphatic rings. The van der Waals surface area contributed by atoms with Gasteiger partial charge in [-0.1, -0.05) is 18.5 Å². The van der Waals surface area contributed by atoms with Gasteiger partial charge in [-0.15, -0.1) is 0 Å². The van der Waals surface area contributed by atoms with Crippen molar-refractivity contribution in [2.45, 2.75) is 19.9 Å². The largest absolute Gasteiger partial charge is 0.377 e. The number of rotatable bonds is 4. The summed E-state index contributed by atoms with van der Waals surface area (Å²) in [7, 11) is 1.88. The van der Waals surface area contributed by atoms with Gasteiger partial charge in [-0.25, -0.2) is 4.39 Å². The molecule has 0 saturated carbocycles. The molecule has 0 radical (unpaired) electrons. The third-order valence-electron chi connectivity index (χ3n) is 2.78. The van der Waals surface area contributed by atoms with E-state index in [2.05, 4.69) is 17.3 Å². The number of hydrogen-bond donors (Lipinski definition) is 1. The average molecular weight is 268 g/mol. The van der Waals surface area contributed by atoms with Crippen LogP contribution in [0.2, 0.25) is 5.02 Å². The van der Waals surface area contributed by atoms with Gasteiger partial charge in [0.25, 0.3) is 0 Å². The fourth-order valence-corrected chi connectivity index (χ4v) is 1.89. The molecule has 1 aromatic heterocycles. The molecule has 0 unspecified atom stereocenters. The van der Waals surface area contributed by atoms with Crippen molar-refractivity contribution in [1.29, 1.82) is 0 Å². The quantitative estimate of drug-likeness (QED) is 0.920. The van der Waals surface area contributed by atoms with E-state index in [4.69, 9.17) is 11.6 Å². The van der Waals surface area contributed by atoms with Crippen LogP contribution in [0.25, 0.3) is 0 Å². The van der Waals surface area contributed by atoms with E-state index in [1.165, 1.54) is 6.07 Å². The lowest BCUT2D eigenvalue weighted by atomic mass is 10.2. The molecule has 0 amide bonds. The third-order valence-corrected chi connectivity index (χ3v) is 3.02. The van der Waals surface area contributed by atoms with E-state index >= 15 is 0 Å². The van der Waals surface area contributed by atoms with Crippen molar-refractivity contribution in [3.63, 3.8) is 0 Å². The summed E-state index contributed by atoms with van der Waals surface area (Å²) in [6.07, 6.45) is 0.892. The van der Waals surface area contributed by atoms with Crippen LogP contribution >= 0.6 is 11.6 Å². The highest BCUT2D eigenvalue weighted by atomic mass is 35.5. The molecule has 5 heteroatoms. The van der Waals surface area contributed by atoms with Gasteiger partial charge in [0.05, 0.1) is 23.6 Å². The first-order valence-corrected chi connectivity index (χ1v) is 6.18. The fraction of sp³-hybridized carbons (Fsp3) is 0.308. The van der Waals surface area contributed by atoms with Crippen LogP contribution in [0.1, 0.15) is 18.3 Å². The van der Waals surface area contributed by atoms with Gasteiger partial charge in [0.15, 0.2) is 0 Å². The first-order chi connectivity index (χ1) is 8.60. The number of benzene rings is 1. The molecule has 18 heavy (non-hydrogen) atoms. The summed E-state index contributed by atoms with van der Waals surface area (Å²) in [5.74, 6) is -0.347. The van der Waals surface area contributed by atoms with E-state index < -0.39 is 0 Å².